The van der Waals surface area contributed by atoms with Crippen molar-refractivity contribution in [2.75, 3.05) is 0 Å². The first-order valence-electron chi connectivity index (χ1n) is 4.21. The smallest absolute Gasteiger partial charge is 0.269 e. The maximum absolute atomic E-state index is 11.2. The summed E-state index contributed by atoms with van der Waals surface area (Å²) >= 11 is 0. The lowest BCUT2D eigenvalue weighted by Gasteiger charge is -2.31. The predicted molar refractivity (Wildman–Crippen MR) is 39.0 cm³/mol. The molecule has 0 amide bonds. The summed E-state index contributed by atoms with van der Waals surface area (Å²) in [5.41, 5.74) is -1.40. The highest BCUT2D eigenvalue weighted by Crippen LogP contribution is 2.50. The number of Topliss-reactive ketones (excluding diaryl/α,β-unsaturated/α-hetero) is 1. The molecular weight excluding hydrogens is 160 g/mol. The second-order valence-electron chi connectivity index (χ2n) is 3.54. The molecule has 1 aliphatic carbocycles. The lowest BCUT2D eigenvalue weighted by Crippen LogP contribution is -2.53. The maximum atomic E-state index is 11.2. The van der Waals surface area contributed by atoms with Gasteiger partial charge in [-0.25, -0.2) is 0 Å². The second kappa shape index (κ2) is 2.28. The molecule has 2 fully saturated rings. The molecule has 1 heterocycles. The quantitative estimate of drug-likeness (QED) is 0.463. The molecule has 1 aliphatic heterocycles. The fraction of sp³-hybridized carbons (Fsp3) is 0.875. The van der Waals surface area contributed by atoms with E-state index in [9.17, 15) is 9.90 Å². The van der Waals surface area contributed by atoms with Crippen molar-refractivity contribution in [3.63, 3.8) is 0 Å². The van der Waals surface area contributed by atoms with E-state index in [2.05, 4.69) is 0 Å². The third-order valence-corrected chi connectivity index (χ3v) is 2.79. The molecule has 2 rings (SSSR count). The molecule has 1 spiro atoms. The van der Waals surface area contributed by atoms with E-state index in [1.54, 1.807) is 0 Å². The van der Waals surface area contributed by atoms with Crippen molar-refractivity contribution < 1.29 is 19.7 Å². The van der Waals surface area contributed by atoms with Crippen molar-refractivity contribution in [1.82, 2.24) is 0 Å². The Hall–Kier alpha value is -0.450. The van der Waals surface area contributed by atoms with Crippen LogP contribution < -0.4 is 0 Å². The number of hydrogen-bond acceptors (Lipinski definition) is 4. The van der Waals surface area contributed by atoms with Crippen LogP contribution in [0, 0.1) is 0 Å². The average Bonchev–Trinajstić information content (AvgIpc) is 2.77. The van der Waals surface area contributed by atoms with Crippen molar-refractivity contribution in [3.8, 4) is 0 Å². The largest absolute Gasteiger partial charge is 0.377 e. The first kappa shape index (κ1) is 8.16. The van der Waals surface area contributed by atoms with Gasteiger partial charge in [-0.15, -0.1) is 0 Å². The lowest BCUT2D eigenvalue weighted by molar-refractivity contribution is -0.149. The molecule has 0 aromatic rings. The van der Waals surface area contributed by atoms with Gasteiger partial charge in [0.15, 0.2) is 11.4 Å². The maximum Gasteiger partial charge on any atom is 0.269 e. The molecule has 4 heteroatoms. The summed E-state index contributed by atoms with van der Waals surface area (Å²) in [5, 5.41) is 9.94. The Balaban J connectivity index is 2.26. The van der Waals surface area contributed by atoms with Gasteiger partial charge >= 0.3 is 0 Å². The van der Waals surface area contributed by atoms with E-state index in [-0.39, 0.29) is 5.78 Å². The standard InChI is InChI=1S/C8H12O4/c1-6(9)7(10)4-2-3-5-8(7)11-12-8/h10H,2-5H2,1H3. The first-order chi connectivity index (χ1) is 5.61. The van der Waals surface area contributed by atoms with E-state index in [0.717, 1.165) is 12.8 Å². The van der Waals surface area contributed by atoms with E-state index in [1.807, 2.05) is 0 Å². The molecule has 12 heavy (non-hydrogen) atoms. The minimum atomic E-state index is -1.40. The molecule has 68 valence electrons. The molecule has 0 aromatic carbocycles. The van der Waals surface area contributed by atoms with Crippen LogP contribution in [-0.4, -0.2) is 22.3 Å². The van der Waals surface area contributed by atoms with Gasteiger partial charge < -0.3 is 5.11 Å². The van der Waals surface area contributed by atoms with Crippen LogP contribution in [0.3, 0.4) is 0 Å². The number of ketones is 1. The van der Waals surface area contributed by atoms with Crippen LogP contribution in [-0.2, 0) is 14.6 Å². The summed E-state index contributed by atoms with van der Waals surface area (Å²) in [6, 6.07) is 0. The van der Waals surface area contributed by atoms with E-state index < -0.39 is 11.4 Å². The van der Waals surface area contributed by atoms with Crippen LogP contribution in [0.5, 0.6) is 0 Å². The zero-order chi connectivity index (χ0) is 8.82. The number of hydrogen-bond donors (Lipinski definition) is 1. The third-order valence-electron chi connectivity index (χ3n) is 2.79. The molecule has 2 aliphatic rings. The number of carbonyl (C=O) groups excluding carboxylic acids is 1. The van der Waals surface area contributed by atoms with Gasteiger partial charge in [0.25, 0.3) is 5.79 Å². The van der Waals surface area contributed by atoms with Crippen molar-refractivity contribution in [2.45, 2.75) is 44.0 Å². The van der Waals surface area contributed by atoms with Crippen molar-refractivity contribution in [1.29, 1.82) is 0 Å². The molecule has 0 aromatic heterocycles. The van der Waals surface area contributed by atoms with Gasteiger partial charge in [0.05, 0.1) is 0 Å². The van der Waals surface area contributed by atoms with Gasteiger partial charge in [-0.2, -0.15) is 9.78 Å². The zero-order valence-corrected chi connectivity index (χ0v) is 7.00. The van der Waals surface area contributed by atoms with E-state index in [0.29, 0.717) is 12.8 Å². The molecule has 1 unspecified atom stereocenters. The van der Waals surface area contributed by atoms with Gasteiger partial charge in [-0.05, 0) is 26.2 Å². The Morgan fingerprint density at radius 2 is 1.92 bits per heavy atom. The van der Waals surface area contributed by atoms with Crippen LogP contribution in [0.25, 0.3) is 0 Å². The highest BCUT2D eigenvalue weighted by Gasteiger charge is 2.68. The van der Waals surface area contributed by atoms with Gasteiger partial charge in [0.1, 0.15) is 0 Å². The van der Waals surface area contributed by atoms with Crippen LogP contribution in [0.15, 0.2) is 0 Å². The van der Waals surface area contributed by atoms with Crippen LogP contribution in [0.4, 0.5) is 0 Å². The molecule has 1 saturated heterocycles. The van der Waals surface area contributed by atoms with E-state index in [4.69, 9.17) is 9.78 Å². The zero-order valence-electron chi connectivity index (χ0n) is 7.00. The van der Waals surface area contributed by atoms with Gasteiger partial charge in [-0.1, -0.05) is 0 Å². The van der Waals surface area contributed by atoms with E-state index >= 15 is 0 Å². The Labute approximate surface area is 70.4 Å². The first-order valence-corrected chi connectivity index (χ1v) is 4.21. The van der Waals surface area contributed by atoms with Crippen molar-refractivity contribution in [3.05, 3.63) is 0 Å². The molecule has 0 radical (unpaired) electrons. The highest BCUT2D eigenvalue weighted by atomic mass is 17.4. The van der Waals surface area contributed by atoms with Crippen LogP contribution in [0.2, 0.25) is 0 Å². The normalized spacial score (nSPS) is 38.2. The summed E-state index contributed by atoms with van der Waals surface area (Å²) in [7, 11) is 0. The fourth-order valence-electron chi connectivity index (χ4n) is 1.85. The van der Waals surface area contributed by atoms with Gasteiger partial charge in [0.2, 0.25) is 0 Å². The second-order valence-corrected chi connectivity index (χ2v) is 3.54. The molecule has 0 bridgehead atoms. The van der Waals surface area contributed by atoms with Crippen molar-refractivity contribution in [2.24, 2.45) is 0 Å². The molecule has 4 nitrogen and oxygen atoms in total. The van der Waals surface area contributed by atoms with Crippen LogP contribution >= 0.6 is 0 Å². The average molecular weight is 172 g/mol. The summed E-state index contributed by atoms with van der Waals surface area (Å²) in [6.07, 6.45) is 2.85. The molecular formula is C8H12O4. The van der Waals surface area contributed by atoms with E-state index in [1.165, 1.54) is 6.92 Å². The Bertz CT molecular complexity index is 221. The van der Waals surface area contributed by atoms with Crippen LogP contribution in [0.1, 0.15) is 32.6 Å². The summed E-state index contributed by atoms with van der Waals surface area (Å²) < 4.78 is 0. The summed E-state index contributed by atoms with van der Waals surface area (Å²) in [4.78, 5) is 20.7. The minimum absolute atomic E-state index is 0.264. The predicted octanol–water partition coefficient (Wildman–Crippen LogP) is 0.539. The van der Waals surface area contributed by atoms with Gasteiger partial charge in [-0.3, -0.25) is 4.79 Å². The highest BCUT2D eigenvalue weighted by molar-refractivity contribution is 5.86. The number of rotatable bonds is 1. The Morgan fingerprint density at radius 3 is 2.33 bits per heavy atom. The molecule has 1 atom stereocenters. The number of carbonyl (C=O) groups is 1. The topological polar surface area (TPSA) is 62.4 Å². The fourth-order valence-corrected chi connectivity index (χ4v) is 1.85. The molecule has 1 saturated carbocycles. The minimum Gasteiger partial charge on any atom is -0.377 e. The van der Waals surface area contributed by atoms with Gasteiger partial charge in [0, 0.05) is 6.42 Å². The summed E-state index contributed by atoms with van der Waals surface area (Å²) in [6.45, 7) is 1.37. The SMILES string of the molecule is CC(=O)C1(O)CCCCC12OO2. The monoisotopic (exact) mass is 172 g/mol. The lowest BCUT2D eigenvalue weighted by atomic mass is 9.78. The Morgan fingerprint density at radius 1 is 1.33 bits per heavy atom. The van der Waals surface area contributed by atoms with Crippen molar-refractivity contribution >= 4 is 5.78 Å². The third kappa shape index (κ3) is 0.856. The number of aliphatic hydroxyl groups is 1. The Kier molecular flexibility index (Phi) is 1.55. The summed E-state index contributed by atoms with van der Waals surface area (Å²) in [5.74, 6) is -1.25. The molecule has 1 N–H and O–H groups in total.